The minimum Gasteiger partial charge on any atom is -0.310 e. The molecular formula is C9H10Br2N2O. The number of amides is 1. The zero-order valence-corrected chi connectivity index (χ0v) is 10.8. The van der Waals surface area contributed by atoms with Crippen molar-refractivity contribution in [2.75, 3.05) is 5.32 Å². The molecule has 1 aromatic rings. The number of aromatic nitrogens is 1. The molecule has 5 heteroatoms. The summed E-state index contributed by atoms with van der Waals surface area (Å²) < 4.78 is 0.890. The van der Waals surface area contributed by atoms with Gasteiger partial charge >= 0.3 is 0 Å². The summed E-state index contributed by atoms with van der Waals surface area (Å²) in [5, 5.41) is 2.70. The number of rotatable bonds is 3. The lowest BCUT2D eigenvalue weighted by molar-refractivity contribution is -0.115. The molecule has 0 saturated carbocycles. The molecule has 0 spiro atoms. The quantitative estimate of drug-likeness (QED) is 0.870. The molecule has 14 heavy (non-hydrogen) atoms. The van der Waals surface area contributed by atoms with E-state index >= 15 is 0 Å². The fraction of sp³-hybridized carbons (Fsp3) is 0.333. The molecule has 0 saturated heterocycles. The van der Waals surface area contributed by atoms with Gasteiger partial charge in [-0.05, 0) is 34.5 Å². The van der Waals surface area contributed by atoms with Crippen LogP contribution in [0.3, 0.4) is 0 Å². The first-order chi connectivity index (χ1) is 6.63. The Bertz CT molecular complexity index is 313. The van der Waals surface area contributed by atoms with Crippen LogP contribution in [0.5, 0.6) is 0 Å². The Labute approximate surface area is 99.6 Å². The smallest absolute Gasteiger partial charge is 0.239 e. The molecule has 0 aliphatic carbocycles. The second kappa shape index (κ2) is 5.46. The first-order valence-electron chi connectivity index (χ1n) is 4.20. The fourth-order valence-electron chi connectivity index (χ4n) is 0.840. The number of carbonyl (C=O) groups excluding carboxylic acids is 1. The summed E-state index contributed by atoms with van der Waals surface area (Å²) in [6.07, 6.45) is 2.40. The number of pyridine rings is 1. The van der Waals surface area contributed by atoms with Crippen molar-refractivity contribution in [1.82, 2.24) is 4.98 Å². The maximum atomic E-state index is 11.4. The molecule has 76 valence electrons. The van der Waals surface area contributed by atoms with Gasteiger partial charge in [0.1, 0.15) is 5.82 Å². The van der Waals surface area contributed by atoms with Crippen LogP contribution >= 0.6 is 31.9 Å². The highest BCUT2D eigenvalue weighted by atomic mass is 79.9. The standard InChI is InChI=1S/C9H10Br2N2O/c1-2-7(11)9(14)13-8-4-3-6(10)5-12-8/h3-5,7H,2H2,1H3,(H,12,13,14). The van der Waals surface area contributed by atoms with Gasteiger partial charge in [0.15, 0.2) is 0 Å². The zero-order valence-electron chi connectivity index (χ0n) is 7.63. The van der Waals surface area contributed by atoms with Crippen molar-refractivity contribution in [2.45, 2.75) is 18.2 Å². The van der Waals surface area contributed by atoms with E-state index in [1.54, 1.807) is 12.3 Å². The summed E-state index contributed by atoms with van der Waals surface area (Å²) in [6.45, 7) is 1.94. The summed E-state index contributed by atoms with van der Waals surface area (Å²) in [4.78, 5) is 15.3. The van der Waals surface area contributed by atoms with E-state index in [1.165, 1.54) is 0 Å². The predicted molar refractivity (Wildman–Crippen MR) is 63.6 cm³/mol. The van der Waals surface area contributed by atoms with Crippen molar-refractivity contribution in [3.8, 4) is 0 Å². The van der Waals surface area contributed by atoms with Gasteiger partial charge in [0, 0.05) is 10.7 Å². The Morgan fingerprint density at radius 3 is 2.86 bits per heavy atom. The van der Waals surface area contributed by atoms with E-state index in [2.05, 4.69) is 42.2 Å². The first kappa shape index (κ1) is 11.7. The van der Waals surface area contributed by atoms with E-state index in [9.17, 15) is 4.79 Å². The minimum atomic E-state index is -0.159. The SMILES string of the molecule is CCC(Br)C(=O)Nc1ccc(Br)cn1. The number of halogens is 2. The van der Waals surface area contributed by atoms with E-state index in [-0.39, 0.29) is 10.7 Å². The summed E-state index contributed by atoms with van der Waals surface area (Å²) in [7, 11) is 0. The maximum absolute atomic E-state index is 11.4. The van der Waals surface area contributed by atoms with E-state index in [4.69, 9.17) is 0 Å². The molecule has 1 aromatic heterocycles. The maximum Gasteiger partial charge on any atom is 0.239 e. The highest BCUT2D eigenvalue weighted by molar-refractivity contribution is 9.10. The van der Waals surface area contributed by atoms with Crippen LogP contribution in [0.2, 0.25) is 0 Å². The van der Waals surface area contributed by atoms with Gasteiger partial charge in [-0.15, -0.1) is 0 Å². The highest BCUT2D eigenvalue weighted by Gasteiger charge is 2.12. The second-order valence-corrected chi connectivity index (χ2v) is 4.75. The van der Waals surface area contributed by atoms with Crippen molar-refractivity contribution < 1.29 is 4.79 Å². The monoisotopic (exact) mass is 320 g/mol. The molecule has 1 rings (SSSR count). The van der Waals surface area contributed by atoms with Crippen LogP contribution in [0.25, 0.3) is 0 Å². The molecule has 0 fully saturated rings. The van der Waals surface area contributed by atoms with Crippen molar-refractivity contribution in [3.05, 3.63) is 22.8 Å². The van der Waals surface area contributed by atoms with Crippen molar-refractivity contribution >= 4 is 43.6 Å². The van der Waals surface area contributed by atoms with E-state index in [1.807, 2.05) is 13.0 Å². The third-order valence-corrected chi connectivity index (χ3v) is 3.15. The average molecular weight is 322 g/mol. The molecule has 0 radical (unpaired) electrons. The minimum absolute atomic E-state index is 0.0673. The summed E-state index contributed by atoms with van der Waals surface area (Å²) in [5.41, 5.74) is 0. The van der Waals surface area contributed by atoms with Crippen molar-refractivity contribution in [2.24, 2.45) is 0 Å². The van der Waals surface area contributed by atoms with Gasteiger partial charge in [0.25, 0.3) is 0 Å². The number of alkyl halides is 1. The van der Waals surface area contributed by atoms with E-state index in [0.29, 0.717) is 5.82 Å². The van der Waals surface area contributed by atoms with E-state index < -0.39 is 0 Å². The summed E-state index contributed by atoms with van der Waals surface area (Å²) in [6, 6.07) is 3.58. The Morgan fingerprint density at radius 1 is 1.64 bits per heavy atom. The topological polar surface area (TPSA) is 42.0 Å². The zero-order chi connectivity index (χ0) is 10.6. The molecule has 0 bridgehead atoms. The van der Waals surface area contributed by atoms with Gasteiger partial charge in [0.2, 0.25) is 5.91 Å². The van der Waals surface area contributed by atoms with Crippen molar-refractivity contribution in [1.29, 1.82) is 0 Å². The van der Waals surface area contributed by atoms with Crippen LogP contribution in [0.4, 0.5) is 5.82 Å². The lowest BCUT2D eigenvalue weighted by Crippen LogP contribution is -2.22. The van der Waals surface area contributed by atoms with Gasteiger partial charge < -0.3 is 5.32 Å². The molecule has 0 aliphatic rings. The largest absolute Gasteiger partial charge is 0.310 e. The number of hydrogen-bond donors (Lipinski definition) is 1. The molecule has 0 aliphatic heterocycles. The summed E-state index contributed by atoms with van der Waals surface area (Å²) >= 11 is 6.53. The molecule has 1 atom stereocenters. The van der Waals surface area contributed by atoms with Crippen LogP contribution in [0.1, 0.15) is 13.3 Å². The normalized spacial score (nSPS) is 12.2. The number of anilines is 1. The van der Waals surface area contributed by atoms with Gasteiger partial charge in [-0.1, -0.05) is 22.9 Å². The lowest BCUT2D eigenvalue weighted by Gasteiger charge is -2.07. The van der Waals surface area contributed by atoms with Gasteiger partial charge in [0.05, 0.1) is 4.83 Å². The van der Waals surface area contributed by atoms with Gasteiger partial charge in [-0.25, -0.2) is 4.98 Å². The molecule has 1 heterocycles. The van der Waals surface area contributed by atoms with E-state index in [0.717, 1.165) is 10.9 Å². The Morgan fingerprint density at radius 2 is 2.36 bits per heavy atom. The summed E-state index contributed by atoms with van der Waals surface area (Å²) in [5.74, 6) is 0.499. The number of nitrogens with zero attached hydrogens (tertiary/aromatic N) is 1. The second-order valence-electron chi connectivity index (χ2n) is 2.73. The third-order valence-electron chi connectivity index (χ3n) is 1.62. The molecule has 3 nitrogen and oxygen atoms in total. The number of hydrogen-bond acceptors (Lipinski definition) is 2. The number of nitrogens with one attached hydrogen (secondary N) is 1. The highest BCUT2D eigenvalue weighted by Crippen LogP contribution is 2.12. The fourth-order valence-corrected chi connectivity index (χ4v) is 1.19. The van der Waals surface area contributed by atoms with Crippen LogP contribution in [0, 0.1) is 0 Å². The Hall–Kier alpha value is -0.420. The Kier molecular flexibility index (Phi) is 4.54. The molecular weight excluding hydrogens is 312 g/mol. The first-order valence-corrected chi connectivity index (χ1v) is 5.91. The molecule has 1 unspecified atom stereocenters. The average Bonchev–Trinajstić information content (AvgIpc) is 2.20. The number of carbonyl (C=O) groups is 1. The van der Waals surface area contributed by atoms with Crippen LogP contribution in [0.15, 0.2) is 22.8 Å². The van der Waals surface area contributed by atoms with Crippen LogP contribution < -0.4 is 5.32 Å². The molecule has 1 N–H and O–H groups in total. The Balaban J connectivity index is 2.60. The lowest BCUT2D eigenvalue weighted by atomic mass is 10.3. The molecule has 0 aromatic carbocycles. The van der Waals surface area contributed by atoms with Crippen LogP contribution in [-0.4, -0.2) is 15.7 Å². The molecule has 1 amide bonds. The third kappa shape index (κ3) is 3.38. The van der Waals surface area contributed by atoms with Crippen molar-refractivity contribution in [3.63, 3.8) is 0 Å². The predicted octanol–water partition coefficient (Wildman–Crippen LogP) is 2.96. The van der Waals surface area contributed by atoms with Gasteiger partial charge in [-0.3, -0.25) is 4.79 Å². The van der Waals surface area contributed by atoms with Gasteiger partial charge in [-0.2, -0.15) is 0 Å². The van der Waals surface area contributed by atoms with Crippen LogP contribution in [-0.2, 0) is 4.79 Å².